The molecular weight excluding hydrogens is 290 g/mol. The zero-order valence-electron chi connectivity index (χ0n) is 10.1. The van der Waals surface area contributed by atoms with E-state index in [-0.39, 0.29) is 6.09 Å². The normalized spacial score (nSPS) is 26.7. The third kappa shape index (κ3) is 4.17. The summed E-state index contributed by atoms with van der Waals surface area (Å²) in [6.45, 7) is 7.15. The molecule has 1 aliphatic heterocycles. The SMILES string of the molecule is CC(C)(C)OC(=O)N1CCC(Br)C(CS)C1. The van der Waals surface area contributed by atoms with Crippen LogP contribution < -0.4 is 0 Å². The van der Waals surface area contributed by atoms with Gasteiger partial charge in [-0.15, -0.1) is 0 Å². The first-order valence-electron chi connectivity index (χ1n) is 5.56. The first-order chi connectivity index (χ1) is 7.33. The quantitative estimate of drug-likeness (QED) is 0.596. The molecule has 1 aliphatic rings. The number of hydrogen-bond acceptors (Lipinski definition) is 3. The summed E-state index contributed by atoms with van der Waals surface area (Å²) in [7, 11) is 0. The van der Waals surface area contributed by atoms with Gasteiger partial charge in [0.2, 0.25) is 0 Å². The molecule has 5 heteroatoms. The van der Waals surface area contributed by atoms with Crippen LogP contribution in [0, 0.1) is 5.92 Å². The summed E-state index contributed by atoms with van der Waals surface area (Å²) < 4.78 is 5.35. The lowest BCUT2D eigenvalue weighted by Gasteiger charge is -2.36. The number of piperidine rings is 1. The van der Waals surface area contributed by atoms with E-state index < -0.39 is 5.60 Å². The number of amides is 1. The van der Waals surface area contributed by atoms with E-state index in [0.29, 0.717) is 10.7 Å². The van der Waals surface area contributed by atoms with Gasteiger partial charge in [-0.3, -0.25) is 0 Å². The van der Waals surface area contributed by atoms with Crippen molar-refractivity contribution in [3.05, 3.63) is 0 Å². The van der Waals surface area contributed by atoms with Crippen LogP contribution in [0.25, 0.3) is 0 Å². The van der Waals surface area contributed by atoms with E-state index >= 15 is 0 Å². The Hall–Kier alpha value is 0.100. The highest BCUT2D eigenvalue weighted by Crippen LogP contribution is 2.25. The lowest BCUT2D eigenvalue weighted by molar-refractivity contribution is 0.0184. The van der Waals surface area contributed by atoms with Crippen LogP contribution in [0.15, 0.2) is 0 Å². The number of ether oxygens (including phenoxy) is 1. The molecule has 1 fully saturated rings. The van der Waals surface area contributed by atoms with Crippen molar-refractivity contribution in [1.82, 2.24) is 4.90 Å². The highest BCUT2D eigenvalue weighted by molar-refractivity contribution is 9.09. The van der Waals surface area contributed by atoms with Crippen molar-refractivity contribution in [1.29, 1.82) is 0 Å². The van der Waals surface area contributed by atoms with Gasteiger partial charge in [0.05, 0.1) is 0 Å². The monoisotopic (exact) mass is 309 g/mol. The van der Waals surface area contributed by atoms with Gasteiger partial charge >= 0.3 is 6.09 Å². The van der Waals surface area contributed by atoms with Crippen molar-refractivity contribution >= 4 is 34.7 Å². The molecule has 3 nitrogen and oxygen atoms in total. The topological polar surface area (TPSA) is 29.5 Å². The number of rotatable bonds is 1. The number of halogens is 1. The molecule has 0 spiro atoms. The second-order valence-electron chi connectivity index (χ2n) is 5.17. The third-order valence-corrected chi connectivity index (χ3v) is 4.20. The van der Waals surface area contributed by atoms with E-state index in [2.05, 4.69) is 28.6 Å². The van der Waals surface area contributed by atoms with Crippen LogP contribution in [0.2, 0.25) is 0 Å². The maximum absolute atomic E-state index is 11.8. The van der Waals surface area contributed by atoms with Crippen molar-refractivity contribution < 1.29 is 9.53 Å². The minimum absolute atomic E-state index is 0.210. The average Bonchev–Trinajstić information content (AvgIpc) is 2.15. The highest BCUT2D eigenvalue weighted by Gasteiger charge is 2.31. The first-order valence-corrected chi connectivity index (χ1v) is 7.11. The number of nitrogens with zero attached hydrogens (tertiary/aromatic N) is 1. The number of hydrogen-bond donors (Lipinski definition) is 1. The molecule has 0 aromatic carbocycles. The third-order valence-electron chi connectivity index (χ3n) is 2.53. The summed E-state index contributed by atoms with van der Waals surface area (Å²) >= 11 is 7.93. The Morgan fingerprint density at radius 1 is 1.56 bits per heavy atom. The fourth-order valence-electron chi connectivity index (χ4n) is 1.67. The van der Waals surface area contributed by atoms with Crippen LogP contribution in [0.4, 0.5) is 4.79 Å². The molecule has 0 bridgehead atoms. The second kappa shape index (κ2) is 5.63. The van der Waals surface area contributed by atoms with Gasteiger partial charge in [-0.05, 0) is 38.9 Å². The Labute approximate surface area is 111 Å². The standard InChI is InChI=1S/C11H20BrNO2S/c1-11(2,3)15-10(14)13-5-4-9(12)8(6-13)7-16/h8-9,16H,4-7H2,1-3H3. The van der Waals surface area contributed by atoms with Crippen molar-refractivity contribution in [2.75, 3.05) is 18.8 Å². The minimum atomic E-state index is -0.418. The van der Waals surface area contributed by atoms with E-state index in [9.17, 15) is 4.79 Å². The zero-order chi connectivity index (χ0) is 12.3. The molecule has 16 heavy (non-hydrogen) atoms. The zero-order valence-corrected chi connectivity index (χ0v) is 12.6. The van der Waals surface area contributed by atoms with Gasteiger partial charge in [0, 0.05) is 17.9 Å². The molecule has 94 valence electrons. The molecule has 0 aliphatic carbocycles. The van der Waals surface area contributed by atoms with Crippen LogP contribution in [-0.2, 0) is 4.74 Å². The van der Waals surface area contributed by atoms with Crippen LogP contribution in [0.5, 0.6) is 0 Å². The average molecular weight is 310 g/mol. The number of alkyl halides is 1. The Balaban J connectivity index is 2.52. The van der Waals surface area contributed by atoms with Gasteiger partial charge in [-0.2, -0.15) is 12.6 Å². The van der Waals surface area contributed by atoms with E-state index in [1.54, 1.807) is 4.90 Å². The largest absolute Gasteiger partial charge is 0.444 e. The molecule has 0 N–H and O–H groups in total. The van der Waals surface area contributed by atoms with Crippen molar-refractivity contribution in [3.8, 4) is 0 Å². The summed E-state index contributed by atoms with van der Waals surface area (Å²) in [6, 6.07) is 0. The molecular formula is C11H20BrNO2S. The number of carbonyl (C=O) groups is 1. The molecule has 1 heterocycles. The summed E-state index contributed by atoms with van der Waals surface area (Å²) in [5, 5.41) is 0. The predicted octanol–water partition coefficient (Wildman–Crippen LogP) is 2.94. The Morgan fingerprint density at radius 3 is 2.69 bits per heavy atom. The molecule has 0 aromatic rings. The summed E-state index contributed by atoms with van der Waals surface area (Å²) in [6.07, 6.45) is 0.753. The molecule has 0 aromatic heterocycles. The molecule has 2 atom stereocenters. The fourth-order valence-corrected chi connectivity index (χ4v) is 2.89. The van der Waals surface area contributed by atoms with Crippen LogP contribution in [0.1, 0.15) is 27.2 Å². The second-order valence-corrected chi connectivity index (χ2v) is 6.71. The van der Waals surface area contributed by atoms with Crippen LogP contribution in [0.3, 0.4) is 0 Å². The maximum atomic E-state index is 11.8. The summed E-state index contributed by atoms with van der Waals surface area (Å²) in [5.74, 6) is 1.19. The van der Waals surface area contributed by atoms with Crippen LogP contribution in [-0.4, -0.2) is 40.3 Å². The van der Waals surface area contributed by atoms with Gasteiger partial charge in [-0.1, -0.05) is 15.9 Å². The number of likely N-dealkylation sites (tertiary alicyclic amines) is 1. The summed E-state index contributed by atoms with van der Waals surface area (Å²) in [4.78, 5) is 14.1. The van der Waals surface area contributed by atoms with Gasteiger partial charge < -0.3 is 9.64 Å². The first kappa shape index (κ1) is 14.2. The van der Waals surface area contributed by atoms with Crippen molar-refractivity contribution in [2.24, 2.45) is 5.92 Å². The fraction of sp³-hybridized carbons (Fsp3) is 0.909. The molecule has 0 radical (unpaired) electrons. The van der Waals surface area contributed by atoms with Gasteiger partial charge in [0.25, 0.3) is 0 Å². The van der Waals surface area contributed by atoms with Gasteiger partial charge in [0.15, 0.2) is 0 Å². The lowest BCUT2D eigenvalue weighted by atomic mass is 10.0. The Bertz CT molecular complexity index is 255. The smallest absolute Gasteiger partial charge is 0.410 e. The molecule has 1 saturated heterocycles. The molecule has 2 unspecified atom stereocenters. The Morgan fingerprint density at radius 2 is 2.19 bits per heavy atom. The van der Waals surface area contributed by atoms with E-state index in [0.717, 1.165) is 25.3 Å². The van der Waals surface area contributed by atoms with E-state index in [1.807, 2.05) is 20.8 Å². The Kier molecular flexibility index (Phi) is 4.98. The number of carbonyl (C=O) groups excluding carboxylic acids is 1. The number of thiol groups is 1. The maximum Gasteiger partial charge on any atom is 0.410 e. The van der Waals surface area contributed by atoms with E-state index in [4.69, 9.17) is 4.74 Å². The van der Waals surface area contributed by atoms with Crippen LogP contribution >= 0.6 is 28.6 Å². The van der Waals surface area contributed by atoms with Crippen molar-refractivity contribution in [3.63, 3.8) is 0 Å². The predicted molar refractivity (Wildman–Crippen MR) is 72.5 cm³/mol. The minimum Gasteiger partial charge on any atom is -0.444 e. The van der Waals surface area contributed by atoms with E-state index in [1.165, 1.54) is 0 Å². The van der Waals surface area contributed by atoms with Crippen molar-refractivity contribution in [2.45, 2.75) is 37.6 Å². The van der Waals surface area contributed by atoms with Gasteiger partial charge in [-0.25, -0.2) is 4.79 Å². The van der Waals surface area contributed by atoms with Gasteiger partial charge in [0.1, 0.15) is 5.60 Å². The molecule has 0 saturated carbocycles. The molecule has 1 rings (SSSR count). The highest BCUT2D eigenvalue weighted by atomic mass is 79.9. The lowest BCUT2D eigenvalue weighted by Crippen LogP contribution is -2.46. The molecule has 1 amide bonds. The summed E-state index contributed by atoms with van der Waals surface area (Å²) in [5.41, 5.74) is -0.418.